The minimum absolute atomic E-state index is 0.102. The van der Waals surface area contributed by atoms with Crippen molar-refractivity contribution in [2.24, 2.45) is 9.98 Å². The number of esters is 1. The molecule has 10 aliphatic heterocycles. The second-order valence-corrected chi connectivity index (χ2v) is 40.7. The third-order valence-electron chi connectivity index (χ3n) is 22.7. The van der Waals surface area contributed by atoms with Gasteiger partial charge in [0.25, 0.3) is 10.0 Å². The number of aromatic amines is 1. The number of fused-ring (bicyclic) bond motifs is 12. The van der Waals surface area contributed by atoms with Crippen LogP contribution in [0.2, 0.25) is 0 Å². The number of hydrogen-bond acceptors (Lipinski definition) is 19. The number of nitrogens with one attached hydrogen (secondary N) is 7. The smallest absolute Gasteiger partial charge is 0.315 e. The van der Waals surface area contributed by atoms with Gasteiger partial charge in [-0.2, -0.15) is 15.4 Å². The molecule has 0 saturated carbocycles. The van der Waals surface area contributed by atoms with E-state index >= 15 is 0 Å². The van der Waals surface area contributed by atoms with E-state index in [1.807, 2.05) is 163 Å². The Morgan fingerprint density at radius 2 is 0.860 bits per heavy atom. The molecule has 0 bridgehead atoms. The summed E-state index contributed by atoms with van der Waals surface area (Å²) in [6.07, 6.45) is 13.4. The van der Waals surface area contributed by atoms with E-state index in [-0.39, 0.29) is 35.1 Å². The number of aryl methyl sites for hydroxylation is 13. The van der Waals surface area contributed by atoms with Crippen molar-refractivity contribution in [1.82, 2.24) is 15.4 Å². The van der Waals surface area contributed by atoms with Gasteiger partial charge in [0, 0.05) is 71.4 Å². The zero-order valence-corrected chi connectivity index (χ0v) is 81.3. The first-order valence-corrected chi connectivity index (χ1v) is 49.8. The lowest BCUT2D eigenvalue weighted by atomic mass is 10.0. The fourth-order valence-electron chi connectivity index (χ4n) is 15.9. The van der Waals surface area contributed by atoms with Crippen molar-refractivity contribution < 1.29 is 53.8 Å². The van der Waals surface area contributed by atoms with Crippen LogP contribution in [0.15, 0.2) is 271 Å². The van der Waals surface area contributed by atoms with Gasteiger partial charge in [-0.05, 0) is 264 Å². The fourth-order valence-corrected chi connectivity index (χ4v) is 19.6. The van der Waals surface area contributed by atoms with E-state index in [2.05, 4.69) is 221 Å². The van der Waals surface area contributed by atoms with Gasteiger partial charge in [-0.1, -0.05) is 210 Å². The summed E-state index contributed by atoms with van der Waals surface area (Å²) >= 11 is 0. The van der Waals surface area contributed by atoms with Gasteiger partial charge in [0.05, 0.1) is 59.4 Å². The molecule has 136 heavy (non-hydrogen) atoms. The Morgan fingerprint density at radius 3 is 1.57 bits per heavy atom. The van der Waals surface area contributed by atoms with Crippen molar-refractivity contribution in [1.29, 1.82) is 0 Å². The second-order valence-electron chi connectivity index (χ2n) is 35.2. The largest absolute Gasteiger partial charge is 0.485 e. The van der Waals surface area contributed by atoms with E-state index in [4.69, 9.17) is 14.2 Å². The normalized spacial score (nSPS) is 15.3. The SMILES string of the molecule is C=C1C=Cc2ccc(C)cc2N1.C=C1CCc2ccc(C)cc2N1.C=C1COc2ccc(C)cc2N1.Cc1ccc2c(c1)CC(=O)C2.Cc1ccc2c(c1)CC(=O)N2.Cc1ccc2c(c1)CC(=O)O2.Cc1ccc2c(c1)CC=N2.Cc1ccc2c(c1)CN=C2.Cc1ccc2c(c1)CS(=O)(=O)C2.Cc1ccc2c(c1)CS(=O)(=O)N2.Cc1ccc2c(c1)NS(=O)(=O)CO2.Cc1ccc2n[nH]nc2c1. The minimum atomic E-state index is -3.29. The van der Waals surface area contributed by atoms with Gasteiger partial charge in [0.2, 0.25) is 21.9 Å². The number of rotatable bonds is 0. The molecule has 0 fully saturated rings. The van der Waals surface area contributed by atoms with Crippen LogP contribution in [0.25, 0.3) is 17.1 Å². The zero-order chi connectivity index (χ0) is 97.1. The number of aliphatic imine (C=N–C) groups is 2. The standard InChI is InChI=1S/C11H13N.C11H11N.C10H11NO.C10H10O.C9H9NO.2C9H9N.C9H10O2S.C9H8O2.C8H9NO3S.C8H9NO2S.C7H7N3/c2*1-8-3-5-10-6-4-9(2)12-11(10)7-8;1-7-3-4-10-9(5-7)11-8(2)6-12-10;1-7-2-3-8-5-10(11)6-9(8)4-7;1-6-2-3-8-7(4-6)5-9(11)10-8;1-7-2-3-8-5-10-6-9(8)4-7;1-7-2-3-9-8(6-7)4-5-10-9;1-7-2-3-8-5-12(10,11)6-9(8)4-7;1-6-2-3-8-7(4-6)5-9(10)11-8;1-6-2-3-8-7(4-6)9-13(10,11)5-12-8;1-6-2-3-8-7(4-6)5-12(10,11)9-8;1-5-2-3-6-7(4-5)9-10-8-6/h3,5,7,12H,2,4,6H2,1H3;3-7,12H,2H2,1H3;3-5,11H,2,6H2,1H3;2-4H,5-6H2,1H3;2-4H,5H2,1H3,(H,10,11);2-5H,6H2,1H3;2-3,5-6H,4H2,1H3;2-4H,5-6H2,1H3;2-4H,5H2,1H3;2-4,9H,5H2,1H3;2-4,9H,5H2,1H3;2-4H,1H3,(H,8,9,10). The zero-order valence-electron chi connectivity index (χ0n) is 78.8. The number of ether oxygens (including phenoxy) is 3. The minimum Gasteiger partial charge on any atom is -0.485 e. The molecule has 11 aliphatic rings. The highest BCUT2D eigenvalue weighted by molar-refractivity contribution is 7.92. The molecule has 0 spiro atoms. The molecule has 0 atom stereocenters. The molecule has 26 heteroatoms. The summed E-state index contributed by atoms with van der Waals surface area (Å²) < 4.78 is 87.0. The third-order valence-corrected chi connectivity index (χ3v) is 26.4. The Hall–Kier alpha value is -14.6. The van der Waals surface area contributed by atoms with E-state index in [9.17, 15) is 39.6 Å². The number of amides is 1. The maximum absolute atomic E-state index is 11.2. The lowest BCUT2D eigenvalue weighted by molar-refractivity contribution is -0.132. The molecule has 13 aromatic rings. The van der Waals surface area contributed by atoms with Crippen molar-refractivity contribution in [3.8, 4) is 17.2 Å². The molecule has 0 unspecified atom stereocenters. The second kappa shape index (κ2) is 44.5. The number of anilines is 6. The van der Waals surface area contributed by atoms with E-state index in [0.29, 0.717) is 49.5 Å². The van der Waals surface area contributed by atoms with Crippen LogP contribution in [0.4, 0.5) is 39.8 Å². The predicted molar refractivity (Wildman–Crippen MR) is 551 cm³/mol. The molecule has 24 rings (SSSR count). The van der Waals surface area contributed by atoms with Crippen LogP contribution in [0, 0.1) is 83.1 Å². The van der Waals surface area contributed by atoms with E-state index in [0.717, 1.165) is 138 Å². The van der Waals surface area contributed by atoms with Crippen molar-refractivity contribution >= 4 is 117 Å². The first-order valence-electron chi connectivity index (χ1n) is 44.7. The molecule has 7 N–H and O–H groups in total. The van der Waals surface area contributed by atoms with Gasteiger partial charge in [0.15, 0.2) is 9.84 Å². The Kier molecular flexibility index (Phi) is 32.4. The first kappa shape index (κ1) is 98.9. The summed E-state index contributed by atoms with van der Waals surface area (Å²) in [5.74, 6) is 2.79. The Labute approximate surface area is 797 Å². The van der Waals surface area contributed by atoms with Crippen LogP contribution in [-0.4, -0.2) is 83.3 Å². The highest BCUT2D eigenvalue weighted by Crippen LogP contribution is 2.36. The molecule has 0 radical (unpaired) electrons. The molecule has 1 amide bonds. The monoisotopic (exact) mass is 1880 g/mol. The van der Waals surface area contributed by atoms with Crippen LogP contribution < -0.4 is 44.9 Å². The Bertz CT molecular complexity index is 6870. The average molecular weight is 1880 g/mol. The summed E-state index contributed by atoms with van der Waals surface area (Å²) in [5, 5.41) is 22.9. The average Bonchev–Trinajstić information content (AvgIpc) is 1.75. The Morgan fingerprint density at radius 1 is 0.353 bits per heavy atom. The maximum atomic E-state index is 11.2. The number of Topliss-reactive ketones (excluding diaryl/α,β-unsaturated/α-hetero) is 1. The topological polar surface area (TPSA) is 320 Å². The number of H-pyrrole nitrogens is 1. The lowest BCUT2D eigenvalue weighted by Crippen LogP contribution is -2.25. The molecular formula is C110H115N11O12S3. The van der Waals surface area contributed by atoms with Crippen LogP contribution >= 0.6 is 0 Å². The van der Waals surface area contributed by atoms with Gasteiger partial charge in [-0.15, -0.1) is 0 Å². The number of allylic oxidation sites excluding steroid dienone is 2. The lowest BCUT2D eigenvalue weighted by Gasteiger charge is -2.20. The van der Waals surface area contributed by atoms with Crippen LogP contribution in [0.5, 0.6) is 17.2 Å². The summed E-state index contributed by atoms with van der Waals surface area (Å²) in [6.45, 7) is 37.4. The van der Waals surface area contributed by atoms with Crippen LogP contribution in [0.1, 0.15) is 140 Å². The summed E-state index contributed by atoms with van der Waals surface area (Å²) in [5.41, 5.74) is 40.2. The van der Waals surface area contributed by atoms with E-state index in [1.165, 1.54) is 94.7 Å². The molecule has 1 aliphatic carbocycles. The molecule has 0 saturated heterocycles. The van der Waals surface area contributed by atoms with Crippen LogP contribution in [0.3, 0.4) is 0 Å². The quantitative estimate of drug-likeness (QED) is 0.0548. The number of benzene rings is 12. The summed E-state index contributed by atoms with van der Waals surface area (Å²) in [4.78, 5) is 41.1. The van der Waals surface area contributed by atoms with Crippen molar-refractivity contribution in [2.75, 3.05) is 43.3 Å². The highest BCUT2D eigenvalue weighted by Gasteiger charge is 2.27. The third kappa shape index (κ3) is 28.7. The van der Waals surface area contributed by atoms with Gasteiger partial charge in [0.1, 0.15) is 40.7 Å². The number of ketones is 1. The van der Waals surface area contributed by atoms with Crippen molar-refractivity contribution in [2.45, 2.75) is 152 Å². The summed E-state index contributed by atoms with van der Waals surface area (Å²) in [6, 6.07) is 72.6. The number of carbonyl (C=O) groups excluding carboxylic acids is 3. The number of carbonyl (C=O) groups is 3. The molecule has 23 nitrogen and oxygen atoms in total. The van der Waals surface area contributed by atoms with Gasteiger partial charge in [-0.25, -0.2) is 25.3 Å². The van der Waals surface area contributed by atoms with Crippen molar-refractivity contribution in [3.05, 3.63) is 395 Å². The fraction of sp³-hybridized carbons (Fsp3) is 0.227. The van der Waals surface area contributed by atoms with Crippen LogP contribution in [-0.2, 0) is 107 Å². The predicted octanol–water partition coefficient (Wildman–Crippen LogP) is 21.9. The molecule has 12 aromatic carbocycles. The molecule has 700 valence electrons. The van der Waals surface area contributed by atoms with Gasteiger partial charge < -0.3 is 35.5 Å². The molecule has 11 heterocycles. The number of sulfone groups is 1. The van der Waals surface area contributed by atoms with Crippen molar-refractivity contribution in [3.63, 3.8) is 0 Å². The number of aromatic nitrogens is 3. The molecular weight excluding hydrogens is 1760 g/mol. The molecule has 1 aromatic heterocycles. The van der Waals surface area contributed by atoms with E-state index in [1.54, 1.807) is 18.2 Å². The maximum Gasteiger partial charge on any atom is 0.315 e. The summed E-state index contributed by atoms with van der Waals surface area (Å²) in [7, 11) is -9.18. The van der Waals surface area contributed by atoms with Gasteiger partial charge >= 0.3 is 5.97 Å². The van der Waals surface area contributed by atoms with E-state index < -0.39 is 29.9 Å². The first-order chi connectivity index (χ1) is 64.8. The number of sulfonamides is 2. The Balaban J connectivity index is 0.000000126. The number of hydrogen-bond donors (Lipinski definition) is 7. The number of nitrogens with zero attached hydrogens (tertiary/aromatic N) is 4. The highest BCUT2D eigenvalue weighted by atomic mass is 32.2. The van der Waals surface area contributed by atoms with Gasteiger partial charge in [-0.3, -0.25) is 33.8 Å².